The lowest BCUT2D eigenvalue weighted by molar-refractivity contribution is 0.0696. The van der Waals surface area contributed by atoms with E-state index in [-0.39, 0.29) is 5.56 Å². The van der Waals surface area contributed by atoms with Crippen LogP contribution in [0.15, 0.2) is 35.1 Å². The molecule has 0 saturated carbocycles. The van der Waals surface area contributed by atoms with Gasteiger partial charge in [0, 0.05) is 12.6 Å². The number of furan rings is 1. The van der Waals surface area contributed by atoms with Gasteiger partial charge in [-0.25, -0.2) is 4.79 Å². The SMILES string of the molecule is CCc1occc1-c1nnc2ccc(C(=O)O)cn12. The molecule has 0 fully saturated rings. The van der Waals surface area contributed by atoms with Gasteiger partial charge in [-0.15, -0.1) is 10.2 Å². The van der Waals surface area contributed by atoms with E-state index in [1.807, 2.05) is 13.0 Å². The Bertz CT molecular complexity index is 757. The molecule has 0 spiro atoms. The molecule has 3 rings (SSSR count). The molecule has 0 saturated heterocycles. The molecule has 96 valence electrons. The molecule has 3 heterocycles. The Morgan fingerprint density at radius 3 is 2.95 bits per heavy atom. The lowest BCUT2D eigenvalue weighted by Crippen LogP contribution is -1.99. The lowest BCUT2D eigenvalue weighted by Gasteiger charge is -2.01. The first kappa shape index (κ1) is 11.5. The zero-order valence-electron chi connectivity index (χ0n) is 10.2. The van der Waals surface area contributed by atoms with Gasteiger partial charge in [-0.3, -0.25) is 4.40 Å². The minimum Gasteiger partial charge on any atom is -0.478 e. The third-order valence-electron chi connectivity index (χ3n) is 2.96. The number of hydrogen-bond donors (Lipinski definition) is 1. The number of aromatic nitrogens is 3. The summed E-state index contributed by atoms with van der Waals surface area (Å²) in [7, 11) is 0. The zero-order valence-corrected chi connectivity index (χ0v) is 10.2. The fourth-order valence-electron chi connectivity index (χ4n) is 2.01. The Morgan fingerprint density at radius 1 is 1.37 bits per heavy atom. The monoisotopic (exact) mass is 257 g/mol. The minimum absolute atomic E-state index is 0.190. The first-order valence-corrected chi connectivity index (χ1v) is 5.85. The molecule has 0 radical (unpaired) electrons. The van der Waals surface area contributed by atoms with Crippen molar-refractivity contribution >= 4 is 11.6 Å². The van der Waals surface area contributed by atoms with Gasteiger partial charge in [0.2, 0.25) is 0 Å². The summed E-state index contributed by atoms with van der Waals surface area (Å²) in [6, 6.07) is 4.95. The predicted octanol–water partition coefficient (Wildman–Crippen LogP) is 2.25. The van der Waals surface area contributed by atoms with Crippen LogP contribution in [0.25, 0.3) is 17.0 Å². The maximum absolute atomic E-state index is 11.0. The molecule has 0 aliphatic rings. The molecule has 0 aromatic carbocycles. The van der Waals surface area contributed by atoms with E-state index in [0.717, 1.165) is 17.7 Å². The molecule has 3 aromatic rings. The molecule has 3 aromatic heterocycles. The molecule has 0 aliphatic carbocycles. The number of aryl methyl sites for hydroxylation is 1. The van der Waals surface area contributed by atoms with Gasteiger partial charge in [0.25, 0.3) is 0 Å². The van der Waals surface area contributed by atoms with Crippen molar-refractivity contribution in [1.29, 1.82) is 0 Å². The second kappa shape index (κ2) is 4.24. The highest BCUT2D eigenvalue weighted by atomic mass is 16.4. The van der Waals surface area contributed by atoms with Crippen molar-refractivity contribution < 1.29 is 14.3 Å². The minimum atomic E-state index is -0.982. The number of fused-ring (bicyclic) bond motifs is 1. The van der Waals surface area contributed by atoms with Crippen molar-refractivity contribution in [3.05, 3.63) is 42.0 Å². The highest BCUT2D eigenvalue weighted by Crippen LogP contribution is 2.24. The average Bonchev–Trinajstić information content (AvgIpc) is 3.03. The van der Waals surface area contributed by atoms with Crippen LogP contribution < -0.4 is 0 Å². The Kier molecular flexibility index (Phi) is 2.56. The van der Waals surface area contributed by atoms with E-state index in [1.54, 1.807) is 16.7 Å². The number of nitrogens with zero attached hydrogens (tertiary/aromatic N) is 3. The predicted molar refractivity (Wildman–Crippen MR) is 67.0 cm³/mol. The van der Waals surface area contributed by atoms with E-state index >= 15 is 0 Å². The molecule has 19 heavy (non-hydrogen) atoms. The van der Waals surface area contributed by atoms with Crippen molar-refractivity contribution in [2.45, 2.75) is 13.3 Å². The van der Waals surface area contributed by atoms with Crippen LogP contribution >= 0.6 is 0 Å². The van der Waals surface area contributed by atoms with Gasteiger partial charge >= 0.3 is 5.97 Å². The largest absolute Gasteiger partial charge is 0.478 e. The normalized spacial score (nSPS) is 11.0. The molecule has 6 heteroatoms. The number of hydrogen-bond acceptors (Lipinski definition) is 4. The van der Waals surface area contributed by atoms with Crippen LogP contribution in [0.3, 0.4) is 0 Å². The Hall–Kier alpha value is -2.63. The summed E-state index contributed by atoms with van der Waals surface area (Å²) < 4.78 is 7.03. The highest BCUT2D eigenvalue weighted by Gasteiger charge is 2.15. The number of carboxylic acid groups (broad SMARTS) is 1. The van der Waals surface area contributed by atoms with Gasteiger partial charge < -0.3 is 9.52 Å². The lowest BCUT2D eigenvalue weighted by atomic mass is 10.2. The molecule has 0 unspecified atom stereocenters. The standard InChI is InChI=1S/C13H11N3O3/c1-2-10-9(5-6-19-10)12-15-14-11-4-3-8(13(17)18)7-16(11)12/h3-7H,2H2,1H3,(H,17,18). The topological polar surface area (TPSA) is 80.6 Å². The number of aromatic carboxylic acids is 1. The summed E-state index contributed by atoms with van der Waals surface area (Å²) in [4.78, 5) is 11.0. The molecule has 1 N–H and O–H groups in total. The van der Waals surface area contributed by atoms with E-state index in [0.29, 0.717) is 11.5 Å². The molecule has 0 aliphatic heterocycles. The average molecular weight is 257 g/mol. The number of rotatable bonds is 3. The van der Waals surface area contributed by atoms with Gasteiger partial charge in [0.1, 0.15) is 5.76 Å². The summed E-state index contributed by atoms with van der Waals surface area (Å²) in [5.41, 5.74) is 1.62. The molecule has 0 bridgehead atoms. The summed E-state index contributed by atoms with van der Waals surface area (Å²) in [5, 5.41) is 17.2. The summed E-state index contributed by atoms with van der Waals surface area (Å²) in [6.07, 6.45) is 3.84. The smallest absolute Gasteiger partial charge is 0.337 e. The van der Waals surface area contributed by atoms with Gasteiger partial charge in [-0.1, -0.05) is 6.92 Å². The first-order chi connectivity index (χ1) is 9.20. The van der Waals surface area contributed by atoms with Gasteiger partial charge in [-0.05, 0) is 18.2 Å². The van der Waals surface area contributed by atoms with Crippen LogP contribution in [0.4, 0.5) is 0 Å². The van der Waals surface area contributed by atoms with Crippen molar-refractivity contribution in [3.8, 4) is 11.4 Å². The maximum atomic E-state index is 11.0. The molecule has 0 atom stereocenters. The number of carbonyl (C=O) groups is 1. The van der Waals surface area contributed by atoms with Gasteiger partial charge in [-0.2, -0.15) is 0 Å². The fourth-order valence-corrected chi connectivity index (χ4v) is 2.01. The van der Waals surface area contributed by atoms with Crippen LogP contribution in [0.2, 0.25) is 0 Å². The second-order valence-electron chi connectivity index (χ2n) is 4.09. The number of carboxylic acids is 1. The van der Waals surface area contributed by atoms with E-state index in [9.17, 15) is 4.79 Å². The van der Waals surface area contributed by atoms with Crippen LogP contribution in [0, 0.1) is 0 Å². The molecular weight excluding hydrogens is 246 g/mol. The van der Waals surface area contributed by atoms with Crippen LogP contribution in [0.5, 0.6) is 0 Å². The Balaban J connectivity index is 2.24. The van der Waals surface area contributed by atoms with Crippen molar-refractivity contribution in [2.75, 3.05) is 0 Å². The third-order valence-corrected chi connectivity index (χ3v) is 2.96. The van der Waals surface area contributed by atoms with Crippen LogP contribution in [-0.4, -0.2) is 25.7 Å². The van der Waals surface area contributed by atoms with E-state index in [4.69, 9.17) is 9.52 Å². The maximum Gasteiger partial charge on any atom is 0.337 e. The van der Waals surface area contributed by atoms with Gasteiger partial charge in [0.05, 0.1) is 17.4 Å². The van der Waals surface area contributed by atoms with E-state index < -0.39 is 5.97 Å². The summed E-state index contributed by atoms with van der Waals surface area (Å²) in [5.74, 6) is 0.406. The van der Waals surface area contributed by atoms with E-state index in [2.05, 4.69) is 10.2 Å². The summed E-state index contributed by atoms with van der Waals surface area (Å²) >= 11 is 0. The number of pyridine rings is 1. The molecule has 0 amide bonds. The second-order valence-corrected chi connectivity index (χ2v) is 4.09. The Morgan fingerprint density at radius 2 is 2.21 bits per heavy atom. The van der Waals surface area contributed by atoms with Crippen molar-refractivity contribution in [1.82, 2.24) is 14.6 Å². The first-order valence-electron chi connectivity index (χ1n) is 5.85. The molecule has 6 nitrogen and oxygen atoms in total. The van der Waals surface area contributed by atoms with Crippen molar-refractivity contribution in [2.24, 2.45) is 0 Å². The van der Waals surface area contributed by atoms with Crippen LogP contribution in [0.1, 0.15) is 23.0 Å². The highest BCUT2D eigenvalue weighted by molar-refractivity contribution is 5.87. The zero-order chi connectivity index (χ0) is 13.4. The molecular formula is C13H11N3O3. The summed E-state index contributed by atoms with van der Waals surface area (Å²) in [6.45, 7) is 1.98. The van der Waals surface area contributed by atoms with Gasteiger partial charge in [0.15, 0.2) is 11.5 Å². The third kappa shape index (κ3) is 1.77. The fraction of sp³-hybridized carbons (Fsp3) is 0.154. The van der Waals surface area contributed by atoms with E-state index in [1.165, 1.54) is 12.3 Å². The van der Waals surface area contributed by atoms with Crippen molar-refractivity contribution in [3.63, 3.8) is 0 Å². The quantitative estimate of drug-likeness (QED) is 0.778. The van der Waals surface area contributed by atoms with Crippen LogP contribution in [-0.2, 0) is 6.42 Å². The Labute approximate surface area is 108 Å².